The van der Waals surface area contributed by atoms with Crippen LogP contribution in [0.5, 0.6) is 0 Å². The van der Waals surface area contributed by atoms with Crippen molar-refractivity contribution in [2.24, 2.45) is 0 Å². The first kappa shape index (κ1) is 17.5. The van der Waals surface area contributed by atoms with Gasteiger partial charge < -0.3 is 22.6 Å². The molecule has 0 aliphatic carbocycles. The van der Waals surface area contributed by atoms with Crippen LogP contribution in [0.1, 0.15) is 6.23 Å². The van der Waals surface area contributed by atoms with Gasteiger partial charge in [0.2, 0.25) is 5.95 Å². The van der Waals surface area contributed by atoms with E-state index in [1.807, 2.05) is 23.0 Å². The average Bonchev–Trinajstić information content (AvgIpc) is 3.15. The lowest BCUT2D eigenvalue weighted by atomic mass is 10.1. The molecule has 11 heteroatoms. The summed E-state index contributed by atoms with van der Waals surface area (Å²) in [4.78, 5) is 23.2. The molecule has 24 heavy (non-hydrogen) atoms. The molecule has 3 unspecified atom stereocenters. The number of nitrogens with one attached hydrogen (secondary N) is 2. The molecule has 0 aromatic carbocycles. The highest BCUT2D eigenvalue weighted by Gasteiger charge is 2.47. The van der Waals surface area contributed by atoms with Crippen LogP contribution in [0.25, 0.3) is 11.2 Å². The molecule has 2 N–H and O–H groups in total. The van der Waals surface area contributed by atoms with Gasteiger partial charge >= 0.3 is 0 Å². The Kier molecular flexibility index (Phi) is 5.34. The fraction of sp³-hybridized carbons (Fsp3) is 0.615. The second kappa shape index (κ2) is 7.31. The molecule has 0 bridgehead atoms. The number of anilines is 1. The van der Waals surface area contributed by atoms with Crippen LogP contribution in [0.3, 0.4) is 0 Å². The summed E-state index contributed by atoms with van der Waals surface area (Å²) in [6, 6.07) is 0. The maximum atomic E-state index is 12.1. The summed E-state index contributed by atoms with van der Waals surface area (Å²) in [6.07, 6.45) is -0.0750. The number of rotatable bonds is 6. The van der Waals surface area contributed by atoms with Gasteiger partial charge in [0, 0.05) is 21.3 Å². The minimum Gasteiger partial charge on any atom is -0.382 e. The minimum atomic E-state index is -0.543. The smallest absolute Gasteiger partial charge is 0.280 e. The zero-order valence-electron chi connectivity index (χ0n) is 13.4. The molecule has 0 radical (unpaired) electrons. The summed E-state index contributed by atoms with van der Waals surface area (Å²) in [5.41, 5.74) is 0.306. The van der Waals surface area contributed by atoms with Crippen molar-refractivity contribution in [3.8, 4) is 0 Å². The van der Waals surface area contributed by atoms with E-state index >= 15 is 0 Å². The molecule has 1 aliphatic rings. The van der Waals surface area contributed by atoms with E-state index in [0.29, 0.717) is 18.2 Å². The molecule has 10 nitrogen and oxygen atoms in total. The lowest BCUT2D eigenvalue weighted by molar-refractivity contribution is -0.0627. The Bertz CT molecular complexity index is 765. The molecular weight excluding hydrogens is 433 g/mol. The van der Waals surface area contributed by atoms with E-state index in [1.165, 1.54) is 6.33 Å². The number of aromatic nitrogens is 4. The van der Waals surface area contributed by atoms with Crippen LogP contribution < -0.4 is 10.9 Å². The maximum Gasteiger partial charge on any atom is 0.280 e. The van der Waals surface area contributed by atoms with Gasteiger partial charge in [0.15, 0.2) is 17.4 Å². The van der Waals surface area contributed by atoms with E-state index in [0.717, 1.165) is 0 Å². The number of ether oxygens (including phenoxy) is 3. The molecule has 1 aliphatic heterocycles. The summed E-state index contributed by atoms with van der Waals surface area (Å²) >= 11 is 1.82. The molecule has 0 amide bonds. The molecule has 1 fully saturated rings. The number of aromatic amines is 1. The van der Waals surface area contributed by atoms with Crippen LogP contribution in [0, 0.1) is 0 Å². The Morgan fingerprint density at radius 3 is 2.88 bits per heavy atom. The van der Waals surface area contributed by atoms with Crippen molar-refractivity contribution >= 4 is 40.1 Å². The van der Waals surface area contributed by atoms with Crippen LogP contribution in [-0.4, -0.2) is 65.7 Å². The Morgan fingerprint density at radius 2 is 2.25 bits per heavy atom. The summed E-state index contributed by atoms with van der Waals surface area (Å²) in [5.74, 6) is 0.344. The second-order valence-electron chi connectivity index (χ2n) is 5.26. The zero-order valence-corrected chi connectivity index (χ0v) is 15.5. The van der Waals surface area contributed by atoms with E-state index in [9.17, 15) is 4.79 Å². The number of imidazole rings is 1. The first-order valence-electron chi connectivity index (χ1n) is 7.23. The lowest BCUT2D eigenvalue weighted by Crippen LogP contribution is -2.35. The zero-order chi connectivity index (χ0) is 17.3. The van der Waals surface area contributed by atoms with Gasteiger partial charge in [0.05, 0.1) is 12.9 Å². The molecule has 3 rings (SSSR count). The van der Waals surface area contributed by atoms with Crippen molar-refractivity contribution in [2.45, 2.75) is 24.5 Å². The molecule has 3 heterocycles. The van der Waals surface area contributed by atoms with Gasteiger partial charge in [-0.1, -0.05) is 0 Å². The van der Waals surface area contributed by atoms with E-state index in [1.54, 1.807) is 25.8 Å². The van der Waals surface area contributed by atoms with Gasteiger partial charge in [-0.3, -0.25) is 14.3 Å². The number of nitrogens with zero attached hydrogens (tertiary/aromatic N) is 3. The Labute approximate surface area is 151 Å². The van der Waals surface area contributed by atoms with Crippen molar-refractivity contribution in [1.29, 1.82) is 0 Å². The number of fused-ring (bicyclic) bond motifs is 1. The van der Waals surface area contributed by atoms with Crippen molar-refractivity contribution in [3.05, 3.63) is 16.7 Å². The highest BCUT2D eigenvalue weighted by molar-refractivity contribution is 14.1. The minimum absolute atomic E-state index is 0.231. The van der Waals surface area contributed by atoms with E-state index in [2.05, 4.69) is 20.3 Å². The SMILES string of the molecule is CNc1nc2c(ncn2C2O[C@H](COC)C(OI)C2OC)c(=O)[nH]1. The van der Waals surface area contributed by atoms with Gasteiger partial charge in [-0.2, -0.15) is 4.98 Å². The average molecular weight is 451 g/mol. The fourth-order valence-electron chi connectivity index (χ4n) is 2.82. The molecular formula is C13H18IN5O5. The van der Waals surface area contributed by atoms with Crippen LogP contribution in [-0.2, 0) is 17.3 Å². The van der Waals surface area contributed by atoms with Gasteiger partial charge in [-0.05, 0) is 0 Å². The third-order valence-corrected chi connectivity index (χ3v) is 4.52. The van der Waals surface area contributed by atoms with Gasteiger partial charge in [0.25, 0.3) is 5.56 Å². The van der Waals surface area contributed by atoms with Crippen molar-refractivity contribution in [3.63, 3.8) is 0 Å². The third-order valence-electron chi connectivity index (χ3n) is 3.93. The highest BCUT2D eigenvalue weighted by Crippen LogP contribution is 2.35. The summed E-state index contributed by atoms with van der Waals surface area (Å²) in [7, 11) is 4.84. The fourth-order valence-corrected chi connectivity index (χ4v) is 3.44. The van der Waals surface area contributed by atoms with E-state index < -0.39 is 12.3 Å². The molecule has 0 saturated carbocycles. The largest absolute Gasteiger partial charge is 0.382 e. The summed E-state index contributed by atoms with van der Waals surface area (Å²) in [6.45, 7) is 0.354. The van der Waals surface area contributed by atoms with Crippen molar-refractivity contribution < 1.29 is 17.3 Å². The first-order valence-corrected chi connectivity index (χ1v) is 8.11. The molecule has 1 saturated heterocycles. The van der Waals surface area contributed by atoms with E-state index in [4.69, 9.17) is 17.3 Å². The summed E-state index contributed by atoms with van der Waals surface area (Å²) in [5, 5.41) is 2.82. The molecule has 4 atom stereocenters. The highest BCUT2D eigenvalue weighted by atomic mass is 127. The number of halogens is 1. The quantitative estimate of drug-likeness (QED) is 0.610. The Morgan fingerprint density at radius 1 is 1.46 bits per heavy atom. The van der Waals surface area contributed by atoms with E-state index in [-0.39, 0.29) is 23.3 Å². The van der Waals surface area contributed by atoms with Gasteiger partial charge in [-0.15, -0.1) is 0 Å². The summed E-state index contributed by atoms with van der Waals surface area (Å²) < 4.78 is 24.0. The number of hydrogen-bond acceptors (Lipinski definition) is 8. The Hall–Kier alpha value is -1.28. The van der Waals surface area contributed by atoms with Gasteiger partial charge in [-0.25, -0.2) is 4.98 Å². The Balaban J connectivity index is 2.05. The number of methoxy groups -OCH3 is 2. The first-order chi connectivity index (χ1) is 11.6. The molecule has 0 spiro atoms. The van der Waals surface area contributed by atoms with Crippen molar-refractivity contribution in [2.75, 3.05) is 33.2 Å². The monoisotopic (exact) mass is 451 g/mol. The van der Waals surface area contributed by atoms with Crippen LogP contribution >= 0.6 is 23.0 Å². The van der Waals surface area contributed by atoms with Crippen LogP contribution in [0.4, 0.5) is 5.95 Å². The number of H-pyrrole nitrogens is 1. The van der Waals surface area contributed by atoms with Crippen LogP contribution in [0.2, 0.25) is 0 Å². The molecule has 132 valence electrons. The molecule has 2 aromatic heterocycles. The predicted molar refractivity (Wildman–Crippen MR) is 93.2 cm³/mol. The normalized spacial score (nSPS) is 27.0. The standard InChI is InChI=1S/C13H18IN5O5/c1-15-13-17-10-7(11(20)18-13)16-5-19(10)12-9(22-3)8(24-14)6(23-12)4-21-2/h5-6,8-9,12H,4H2,1-3H3,(H2,15,17,18,20)/t6-,8?,9?,12?/m1/s1. The lowest BCUT2D eigenvalue weighted by Gasteiger charge is -2.21. The third kappa shape index (κ3) is 2.90. The predicted octanol–water partition coefficient (Wildman–Crippen LogP) is 0.455. The number of hydrogen-bond donors (Lipinski definition) is 2. The second-order valence-corrected chi connectivity index (χ2v) is 5.77. The van der Waals surface area contributed by atoms with Crippen LogP contribution in [0.15, 0.2) is 11.1 Å². The van der Waals surface area contributed by atoms with Crippen molar-refractivity contribution in [1.82, 2.24) is 19.5 Å². The maximum absolute atomic E-state index is 12.1. The molecule has 2 aromatic rings. The van der Waals surface area contributed by atoms with Gasteiger partial charge in [0.1, 0.15) is 41.3 Å². The topological polar surface area (TPSA) is 113 Å².